The second-order valence-corrected chi connectivity index (χ2v) is 4.33. The predicted octanol–water partition coefficient (Wildman–Crippen LogP) is 3.33. The average Bonchev–Trinajstić information content (AvgIpc) is 2.26. The second kappa shape index (κ2) is 7.09. The minimum Gasteiger partial charge on any atom is -0.493 e. The Balaban J connectivity index is 2.40. The van der Waals surface area contributed by atoms with Crippen LogP contribution in [0.15, 0.2) is 18.3 Å². The van der Waals surface area contributed by atoms with E-state index in [2.05, 4.69) is 31.1 Å². The zero-order valence-corrected chi connectivity index (χ0v) is 10.5. The molecule has 0 saturated carbocycles. The highest BCUT2D eigenvalue weighted by Crippen LogP contribution is 2.15. The molecule has 0 aliphatic heterocycles. The monoisotopic (exact) mass is 222 g/mol. The zero-order valence-electron chi connectivity index (χ0n) is 10.5. The number of nitrogens with zero attached hydrogens (tertiary/aromatic N) is 1. The maximum Gasteiger partial charge on any atom is 0.129 e. The van der Waals surface area contributed by atoms with Gasteiger partial charge < -0.3 is 10.1 Å². The molecule has 0 aliphatic carbocycles. The quantitative estimate of drug-likeness (QED) is 0.768. The molecule has 1 rings (SSSR count). The molecule has 1 aromatic rings. The number of pyridine rings is 1. The van der Waals surface area contributed by atoms with Gasteiger partial charge in [0.25, 0.3) is 0 Å². The number of hydrogen-bond acceptors (Lipinski definition) is 3. The smallest absolute Gasteiger partial charge is 0.129 e. The Hall–Kier alpha value is -1.25. The third kappa shape index (κ3) is 5.01. The van der Waals surface area contributed by atoms with E-state index in [0.717, 1.165) is 37.6 Å². The number of ether oxygens (including phenoxy) is 1. The van der Waals surface area contributed by atoms with Crippen molar-refractivity contribution >= 4 is 5.82 Å². The lowest BCUT2D eigenvalue weighted by molar-refractivity contribution is 0.289. The van der Waals surface area contributed by atoms with Gasteiger partial charge in [0.1, 0.15) is 11.6 Å². The van der Waals surface area contributed by atoms with E-state index in [0.29, 0.717) is 5.92 Å². The Labute approximate surface area is 98.2 Å². The molecule has 0 atom stereocenters. The van der Waals surface area contributed by atoms with Crippen LogP contribution in [0.1, 0.15) is 33.6 Å². The van der Waals surface area contributed by atoms with Gasteiger partial charge in [-0.2, -0.15) is 0 Å². The molecule has 1 aromatic heterocycles. The van der Waals surface area contributed by atoms with Gasteiger partial charge in [-0.05, 0) is 24.8 Å². The Morgan fingerprint density at radius 2 is 2.25 bits per heavy atom. The molecule has 1 N–H and O–H groups in total. The Morgan fingerprint density at radius 1 is 1.44 bits per heavy atom. The van der Waals surface area contributed by atoms with Crippen molar-refractivity contribution in [3.63, 3.8) is 0 Å². The number of rotatable bonds is 7. The van der Waals surface area contributed by atoms with Crippen molar-refractivity contribution in [3.8, 4) is 5.75 Å². The van der Waals surface area contributed by atoms with Crippen molar-refractivity contribution in [2.75, 3.05) is 18.5 Å². The molecule has 0 radical (unpaired) electrons. The maximum absolute atomic E-state index is 5.66. The lowest BCUT2D eigenvalue weighted by atomic mass is 10.1. The van der Waals surface area contributed by atoms with Crippen LogP contribution >= 0.6 is 0 Å². The molecule has 0 saturated heterocycles. The maximum atomic E-state index is 5.66. The van der Waals surface area contributed by atoms with E-state index in [1.54, 1.807) is 6.20 Å². The Kier molecular flexibility index (Phi) is 5.68. The van der Waals surface area contributed by atoms with Crippen molar-refractivity contribution in [3.05, 3.63) is 18.3 Å². The van der Waals surface area contributed by atoms with Crippen LogP contribution in [0.25, 0.3) is 0 Å². The normalized spacial score (nSPS) is 10.5. The summed E-state index contributed by atoms with van der Waals surface area (Å²) in [5.74, 6) is 2.47. The summed E-state index contributed by atoms with van der Waals surface area (Å²) in [7, 11) is 0. The molecule has 0 amide bonds. The molecule has 0 fully saturated rings. The fraction of sp³-hybridized carbons (Fsp3) is 0.615. The summed E-state index contributed by atoms with van der Waals surface area (Å²) in [6, 6.07) is 3.85. The summed E-state index contributed by atoms with van der Waals surface area (Å²) in [5.41, 5.74) is 0. The number of nitrogens with one attached hydrogen (secondary N) is 1. The number of anilines is 1. The molecule has 3 nitrogen and oxygen atoms in total. The van der Waals surface area contributed by atoms with Crippen LogP contribution in [0.5, 0.6) is 5.75 Å². The van der Waals surface area contributed by atoms with E-state index in [4.69, 9.17) is 4.74 Å². The predicted molar refractivity (Wildman–Crippen MR) is 68.0 cm³/mol. The van der Waals surface area contributed by atoms with Gasteiger partial charge in [0, 0.05) is 18.8 Å². The molecular formula is C13H22N2O. The van der Waals surface area contributed by atoms with Crippen LogP contribution in [-0.2, 0) is 0 Å². The van der Waals surface area contributed by atoms with Crippen molar-refractivity contribution in [1.29, 1.82) is 0 Å². The SMILES string of the molecule is CCCNc1cc(OCCC(C)C)ccn1. The second-order valence-electron chi connectivity index (χ2n) is 4.33. The fourth-order valence-electron chi connectivity index (χ4n) is 1.26. The summed E-state index contributed by atoms with van der Waals surface area (Å²) >= 11 is 0. The summed E-state index contributed by atoms with van der Waals surface area (Å²) in [4.78, 5) is 4.23. The third-order valence-electron chi connectivity index (χ3n) is 2.25. The lowest BCUT2D eigenvalue weighted by Gasteiger charge is -2.09. The van der Waals surface area contributed by atoms with E-state index in [1.165, 1.54) is 0 Å². The first-order valence-corrected chi connectivity index (χ1v) is 6.05. The first-order valence-electron chi connectivity index (χ1n) is 6.05. The van der Waals surface area contributed by atoms with Crippen LogP contribution in [0, 0.1) is 5.92 Å². The standard InChI is InChI=1S/C13H22N2O/c1-4-7-14-13-10-12(5-8-15-13)16-9-6-11(2)3/h5,8,10-11H,4,6-7,9H2,1-3H3,(H,14,15). The summed E-state index contributed by atoms with van der Waals surface area (Å²) in [6.07, 6.45) is 3.96. The fourth-order valence-corrected chi connectivity index (χ4v) is 1.26. The van der Waals surface area contributed by atoms with Crippen molar-refractivity contribution in [1.82, 2.24) is 4.98 Å². The molecule has 0 aliphatic rings. The average molecular weight is 222 g/mol. The van der Waals surface area contributed by atoms with Gasteiger partial charge in [0.15, 0.2) is 0 Å². The first kappa shape index (κ1) is 12.8. The van der Waals surface area contributed by atoms with Crippen LogP contribution < -0.4 is 10.1 Å². The molecule has 3 heteroatoms. The van der Waals surface area contributed by atoms with Crippen LogP contribution in [0.2, 0.25) is 0 Å². The summed E-state index contributed by atoms with van der Waals surface area (Å²) in [5, 5.41) is 3.24. The molecule has 0 aromatic carbocycles. The van der Waals surface area contributed by atoms with E-state index in [1.807, 2.05) is 12.1 Å². The highest BCUT2D eigenvalue weighted by Gasteiger charge is 1.98. The lowest BCUT2D eigenvalue weighted by Crippen LogP contribution is -2.04. The van der Waals surface area contributed by atoms with Crippen molar-refractivity contribution < 1.29 is 4.74 Å². The van der Waals surface area contributed by atoms with Gasteiger partial charge in [-0.15, -0.1) is 0 Å². The molecule has 0 unspecified atom stereocenters. The van der Waals surface area contributed by atoms with Gasteiger partial charge in [0.2, 0.25) is 0 Å². The highest BCUT2D eigenvalue weighted by molar-refractivity contribution is 5.40. The molecule has 16 heavy (non-hydrogen) atoms. The van der Waals surface area contributed by atoms with Crippen LogP contribution in [0.4, 0.5) is 5.82 Å². The summed E-state index contributed by atoms with van der Waals surface area (Å²) in [6.45, 7) is 8.25. The van der Waals surface area contributed by atoms with E-state index in [-0.39, 0.29) is 0 Å². The number of hydrogen-bond donors (Lipinski definition) is 1. The minimum atomic E-state index is 0.680. The van der Waals surface area contributed by atoms with Crippen LogP contribution in [0.3, 0.4) is 0 Å². The molecule has 0 spiro atoms. The van der Waals surface area contributed by atoms with Gasteiger partial charge in [0.05, 0.1) is 6.61 Å². The number of aromatic nitrogens is 1. The zero-order chi connectivity index (χ0) is 11.8. The van der Waals surface area contributed by atoms with Gasteiger partial charge in [-0.1, -0.05) is 20.8 Å². The van der Waals surface area contributed by atoms with Gasteiger partial charge >= 0.3 is 0 Å². The highest BCUT2D eigenvalue weighted by atomic mass is 16.5. The van der Waals surface area contributed by atoms with E-state index in [9.17, 15) is 0 Å². The summed E-state index contributed by atoms with van der Waals surface area (Å²) < 4.78 is 5.66. The topological polar surface area (TPSA) is 34.1 Å². The van der Waals surface area contributed by atoms with Crippen molar-refractivity contribution in [2.24, 2.45) is 5.92 Å². The van der Waals surface area contributed by atoms with Crippen LogP contribution in [-0.4, -0.2) is 18.1 Å². The Bertz CT molecular complexity index is 300. The molecular weight excluding hydrogens is 200 g/mol. The largest absolute Gasteiger partial charge is 0.493 e. The first-order chi connectivity index (χ1) is 7.72. The van der Waals surface area contributed by atoms with Gasteiger partial charge in [-0.3, -0.25) is 0 Å². The molecule has 0 bridgehead atoms. The molecule has 1 heterocycles. The third-order valence-corrected chi connectivity index (χ3v) is 2.25. The minimum absolute atomic E-state index is 0.680. The van der Waals surface area contributed by atoms with E-state index < -0.39 is 0 Å². The molecule has 90 valence electrons. The van der Waals surface area contributed by atoms with Crippen molar-refractivity contribution in [2.45, 2.75) is 33.6 Å². The van der Waals surface area contributed by atoms with Gasteiger partial charge in [-0.25, -0.2) is 4.98 Å². The van der Waals surface area contributed by atoms with E-state index >= 15 is 0 Å². The Morgan fingerprint density at radius 3 is 2.94 bits per heavy atom.